The smallest absolute Gasteiger partial charge is 0.325 e. The van der Waals surface area contributed by atoms with Crippen molar-refractivity contribution in [1.29, 1.82) is 0 Å². The van der Waals surface area contributed by atoms with Crippen molar-refractivity contribution in [3.63, 3.8) is 0 Å². The molecule has 0 aromatic rings. The van der Waals surface area contributed by atoms with Crippen molar-refractivity contribution in [3.05, 3.63) is 0 Å². The summed E-state index contributed by atoms with van der Waals surface area (Å²) in [5, 5.41) is 5.23. The van der Waals surface area contributed by atoms with Crippen LogP contribution in [0.2, 0.25) is 0 Å². The Morgan fingerprint density at radius 3 is 2.83 bits per heavy atom. The molecule has 1 saturated carbocycles. The fourth-order valence-electron chi connectivity index (χ4n) is 2.86. The Labute approximate surface area is 106 Å². The third-order valence-corrected chi connectivity index (χ3v) is 4.08. The van der Waals surface area contributed by atoms with Gasteiger partial charge in [-0.25, -0.2) is 4.79 Å². The molecule has 2 N–H and O–H groups in total. The first-order valence-corrected chi connectivity index (χ1v) is 6.36. The van der Waals surface area contributed by atoms with Crippen molar-refractivity contribution >= 4 is 17.8 Å². The van der Waals surface area contributed by atoms with Gasteiger partial charge in [0.15, 0.2) is 0 Å². The number of amides is 4. The first-order valence-electron chi connectivity index (χ1n) is 6.36. The van der Waals surface area contributed by atoms with Gasteiger partial charge < -0.3 is 10.6 Å². The van der Waals surface area contributed by atoms with Gasteiger partial charge in [-0.15, -0.1) is 0 Å². The van der Waals surface area contributed by atoms with Crippen LogP contribution in [0.4, 0.5) is 4.79 Å². The molecule has 0 radical (unpaired) electrons. The van der Waals surface area contributed by atoms with Gasteiger partial charge in [-0.2, -0.15) is 0 Å². The molecule has 6 heteroatoms. The fraction of sp³-hybridized carbons (Fsp3) is 0.750. The van der Waals surface area contributed by atoms with Crippen LogP contribution in [-0.4, -0.2) is 41.9 Å². The minimum Gasteiger partial charge on any atom is -0.358 e. The standard InChI is InChI=1S/C12H19N3O3/c1-8-5-3-4-6-12(8)10(17)15(11(18)14-12)7-9(16)13-2/h8H,3-7H2,1-2H3,(H,13,16)(H,14,18). The monoisotopic (exact) mass is 253 g/mol. The number of carbonyl (C=O) groups excluding carboxylic acids is 3. The molecule has 6 nitrogen and oxygen atoms in total. The number of carbonyl (C=O) groups is 3. The summed E-state index contributed by atoms with van der Waals surface area (Å²) in [4.78, 5) is 36.6. The van der Waals surface area contributed by atoms with E-state index in [1.807, 2.05) is 6.92 Å². The van der Waals surface area contributed by atoms with Crippen molar-refractivity contribution in [3.8, 4) is 0 Å². The lowest BCUT2D eigenvalue weighted by molar-refractivity contribution is -0.137. The predicted octanol–water partition coefficient (Wildman–Crippen LogP) is 0.233. The lowest BCUT2D eigenvalue weighted by Crippen LogP contribution is -2.54. The Kier molecular flexibility index (Phi) is 3.28. The first-order chi connectivity index (χ1) is 8.51. The third kappa shape index (κ3) is 1.85. The molecule has 0 aromatic heterocycles. The molecule has 0 bridgehead atoms. The van der Waals surface area contributed by atoms with Crippen LogP contribution in [0, 0.1) is 5.92 Å². The lowest BCUT2D eigenvalue weighted by atomic mass is 9.73. The van der Waals surface area contributed by atoms with Crippen LogP contribution in [0.25, 0.3) is 0 Å². The minimum absolute atomic E-state index is 0.123. The molecule has 1 saturated heterocycles. The van der Waals surface area contributed by atoms with E-state index in [1.165, 1.54) is 7.05 Å². The number of likely N-dealkylation sites (N-methyl/N-ethyl adjacent to an activating group) is 1. The van der Waals surface area contributed by atoms with Crippen LogP contribution in [0.1, 0.15) is 32.6 Å². The number of hydrogen-bond donors (Lipinski definition) is 2. The van der Waals surface area contributed by atoms with E-state index in [-0.39, 0.29) is 24.3 Å². The molecule has 100 valence electrons. The Balaban J connectivity index is 2.20. The van der Waals surface area contributed by atoms with Crippen molar-refractivity contribution in [2.75, 3.05) is 13.6 Å². The van der Waals surface area contributed by atoms with E-state index in [0.717, 1.165) is 24.2 Å². The maximum Gasteiger partial charge on any atom is 0.325 e. The zero-order valence-electron chi connectivity index (χ0n) is 10.8. The average molecular weight is 253 g/mol. The molecule has 2 unspecified atom stereocenters. The molecule has 4 amide bonds. The molecule has 2 aliphatic rings. The number of hydrogen-bond acceptors (Lipinski definition) is 3. The maximum absolute atomic E-state index is 12.4. The van der Waals surface area contributed by atoms with Gasteiger partial charge in [0.2, 0.25) is 5.91 Å². The van der Waals surface area contributed by atoms with Gasteiger partial charge in [0.1, 0.15) is 12.1 Å². The molecule has 2 fully saturated rings. The van der Waals surface area contributed by atoms with Crippen LogP contribution < -0.4 is 10.6 Å². The van der Waals surface area contributed by atoms with Crippen molar-refractivity contribution in [2.24, 2.45) is 5.92 Å². The Morgan fingerprint density at radius 2 is 2.22 bits per heavy atom. The summed E-state index contributed by atoms with van der Waals surface area (Å²) in [6.45, 7) is 1.79. The average Bonchev–Trinajstić information content (AvgIpc) is 2.58. The Hall–Kier alpha value is -1.59. The van der Waals surface area contributed by atoms with Crippen molar-refractivity contribution in [2.45, 2.75) is 38.1 Å². The molecule has 1 heterocycles. The summed E-state index contributed by atoms with van der Waals surface area (Å²) in [6.07, 6.45) is 3.62. The van der Waals surface area contributed by atoms with E-state index in [4.69, 9.17) is 0 Å². The van der Waals surface area contributed by atoms with Crippen LogP contribution >= 0.6 is 0 Å². The third-order valence-electron chi connectivity index (χ3n) is 4.08. The van der Waals surface area contributed by atoms with Gasteiger partial charge in [-0.05, 0) is 18.8 Å². The molecular formula is C12H19N3O3. The van der Waals surface area contributed by atoms with Crippen molar-refractivity contribution in [1.82, 2.24) is 15.5 Å². The van der Waals surface area contributed by atoms with Gasteiger partial charge in [0, 0.05) is 7.05 Å². The first kappa shape index (κ1) is 12.9. The Bertz CT molecular complexity index is 396. The van der Waals surface area contributed by atoms with Crippen LogP contribution in [0.3, 0.4) is 0 Å². The molecule has 1 aliphatic carbocycles. The predicted molar refractivity (Wildman–Crippen MR) is 64.7 cm³/mol. The van der Waals surface area contributed by atoms with Gasteiger partial charge in [0.05, 0.1) is 0 Å². The highest BCUT2D eigenvalue weighted by atomic mass is 16.2. The normalized spacial score (nSPS) is 31.7. The van der Waals surface area contributed by atoms with E-state index < -0.39 is 11.6 Å². The largest absolute Gasteiger partial charge is 0.358 e. The summed E-state index contributed by atoms with van der Waals surface area (Å²) >= 11 is 0. The number of urea groups is 1. The molecule has 1 spiro atoms. The molecule has 2 rings (SSSR count). The van der Waals surface area contributed by atoms with E-state index in [2.05, 4.69) is 10.6 Å². The molecule has 0 aromatic carbocycles. The second-order valence-corrected chi connectivity index (χ2v) is 5.11. The summed E-state index contributed by atoms with van der Waals surface area (Å²) < 4.78 is 0. The van der Waals surface area contributed by atoms with Gasteiger partial charge in [-0.3, -0.25) is 14.5 Å². The Morgan fingerprint density at radius 1 is 1.50 bits per heavy atom. The highest BCUT2D eigenvalue weighted by Gasteiger charge is 2.55. The topological polar surface area (TPSA) is 78.5 Å². The molecule has 2 atom stereocenters. The molecule has 18 heavy (non-hydrogen) atoms. The van der Waals surface area contributed by atoms with Gasteiger partial charge >= 0.3 is 6.03 Å². The maximum atomic E-state index is 12.4. The molecular weight excluding hydrogens is 234 g/mol. The second kappa shape index (κ2) is 4.59. The zero-order chi connectivity index (χ0) is 13.3. The van der Waals surface area contributed by atoms with Crippen LogP contribution in [-0.2, 0) is 9.59 Å². The summed E-state index contributed by atoms with van der Waals surface area (Å²) in [5.74, 6) is -0.459. The van der Waals surface area contributed by atoms with E-state index in [9.17, 15) is 14.4 Å². The van der Waals surface area contributed by atoms with Crippen LogP contribution in [0.5, 0.6) is 0 Å². The number of nitrogens with one attached hydrogen (secondary N) is 2. The second-order valence-electron chi connectivity index (χ2n) is 5.11. The SMILES string of the molecule is CNC(=O)CN1C(=O)NC2(CCCCC2C)C1=O. The number of rotatable bonds is 2. The van der Waals surface area contributed by atoms with E-state index in [1.54, 1.807) is 0 Å². The number of imide groups is 1. The fourth-order valence-corrected chi connectivity index (χ4v) is 2.86. The van der Waals surface area contributed by atoms with Crippen LogP contribution in [0.15, 0.2) is 0 Å². The molecule has 1 aliphatic heterocycles. The summed E-state index contributed by atoms with van der Waals surface area (Å²) in [6, 6.07) is -0.447. The van der Waals surface area contributed by atoms with Crippen molar-refractivity contribution < 1.29 is 14.4 Å². The van der Waals surface area contributed by atoms with E-state index in [0.29, 0.717) is 6.42 Å². The van der Waals surface area contributed by atoms with Gasteiger partial charge in [-0.1, -0.05) is 19.8 Å². The lowest BCUT2D eigenvalue weighted by Gasteiger charge is -2.36. The highest BCUT2D eigenvalue weighted by Crippen LogP contribution is 2.37. The highest BCUT2D eigenvalue weighted by molar-refractivity contribution is 6.09. The quantitative estimate of drug-likeness (QED) is 0.692. The number of nitrogens with zero attached hydrogens (tertiary/aromatic N) is 1. The van der Waals surface area contributed by atoms with E-state index >= 15 is 0 Å². The zero-order valence-corrected chi connectivity index (χ0v) is 10.8. The summed E-state index contributed by atoms with van der Waals surface area (Å²) in [5.41, 5.74) is -0.774. The minimum atomic E-state index is -0.774. The summed E-state index contributed by atoms with van der Waals surface area (Å²) in [7, 11) is 1.49. The van der Waals surface area contributed by atoms with Gasteiger partial charge in [0.25, 0.3) is 5.91 Å².